The van der Waals surface area contributed by atoms with Crippen molar-refractivity contribution >= 4 is 5.91 Å². The lowest BCUT2D eigenvalue weighted by molar-refractivity contribution is 0.0697. The van der Waals surface area contributed by atoms with Gasteiger partial charge >= 0.3 is 0 Å². The predicted octanol–water partition coefficient (Wildman–Crippen LogP) is 3.83. The first-order valence-electron chi connectivity index (χ1n) is 9.37. The van der Waals surface area contributed by atoms with Gasteiger partial charge in [0.1, 0.15) is 11.5 Å². The molecule has 1 aliphatic heterocycles. The Kier molecular flexibility index (Phi) is 5.77. The quantitative estimate of drug-likeness (QED) is 0.903. The fourth-order valence-electron chi connectivity index (χ4n) is 3.70. The highest BCUT2D eigenvalue weighted by Gasteiger charge is 2.30. The Labute approximate surface area is 155 Å². The van der Waals surface area contributed by atoms with Crippen molar-refractivity contribution in [3.8, 4) is 0 Å². The molecule has 1 fully saturated rings. The van der Waals surface area contributed by atoms with E-state index in [1.165, 1.54) is 12.1 Å². The predicted molar refractivity (Wildman–Crippen MR) is 101 cm³/mol. The van der Waals surface area contributed by atoms with Gasteiger partial charge in [0.05, 0.1) is 0 Å². The fourth-order valence-corrected chi connectivity index (χ4v) is 3.70. The van der Waals surface area contributed by atoms with E-state index in [1.54, 1.807) is 0 Å². The van der Waals surface area contributed by atoms with Gasteiger partial charge in [-0.2, -0.15) is 0 Å². The second kappa shape index (κ2) is 8.04. The third kappa shape index (κ3) is 4.33. The molecule has 1 aromatic heterocycles. The topological polar surface area (TPSA) is 39.3 Å². The van der Waals surface area contributed by atoms with Crippen molar-refractivity contribution in [3.63, 3.8) is 0 Å². The minimum Gasteiger partial charge on any atom is -0.357 e. The number of nitrogens with zero attached hydrogens (tertiary/aromatic N) is 2. The Morgan fingerprint density at radius 2 is 2.00 bits per heavy atom. The normalized spacial score (nSPS) is 19.0. The lowest BCUT2D eigenvalue weighted by atomic mass is 10.0. The molecule has 0 saturated carbocycles. The zero-order valence-electron chi connectivity index (χ0n) is 15.8. The molecule has 0 radical (unpaired) electrons. The summed E-state index contributed by atoms with van der Waals surface area (Å²) in [5.74, 6) is 0.296. The van der Waals surface area contributed by atoms with E-state index in [2.05, 4.69) is 23.7 Å². The summed E-state index contributed by atoms with van der Waals surface area (Å²) in [5.41, 5.74) is 2.84. The van der Waals surface area contributed by atoms with E-state index in [9.17, 15) is 9.18 Å². The van der Waals surface area contributed by atoms with Crippen molar-refractivity contribution in [2.45, 2.75) is 39.8 Å². The van der Waals surface area contributed by atoms with E-state index in [-0.39, 0.29) is 17.8 Å². The van der Waals surface area contributed by atoms with Crippen LogP contribution in [0.3, 0.4) is 0 Å². The zero-order chi connectivity index (χ0) is 18.7. The molecule has 2 aromatic rings. The highest BCUT2D eigenvalue weighted by atomic mass is 19.1. The van der Waals surface area contributed by atoms with Gasteiger partial charge in [0.25, 0.3) is 5.91 Å². The van der Waals surface area contributed by atoms with Gasteiger partial charge in [0.2, 0.25) is 0 Å². The fraction of sp³-hybridized carbons (Fsp3) is 0.476. The summed E-state index contributed by atoms with van der Waals surface area (Å²) >= 11 is 0. The molecule has 1 atom stereocenters. The van der Waals surface area contributed by atoms with Crippen LogP contribution in [0.1, 0.15) is 41.9 Å². The van der Waals surface area contributed by atoms with Gasteiger partial charge in [-0.25, -0.2) is 4.39 Å². The van der Waals surface area contributed by atoms with E-state index in [0.29, 0.717) is 11.6 Å². The molecular formula is C21H28FN3O. The number of H-pyrrole nitrogens is 1. The number of halogens is 1. The Morgan fingerprint density at radius 3 is 2.62 bits per heavy atom. The van der Waals surface area contributed by atoms with Crippen LogP contribution >= 0.6 is 0 Å². The lowest BCUT2D eigenvalue weighted by Crippen LogP contribution is -2.45. The van der Waals surface area contributed by atoms with Gasteiger partial charge in [0.15, 0.2) is 0 Å². The summed E-state index contributed by atoms with van der Waals surface area (Å²) in [6, 6.07) is 8.92. The summed E-state index contributed by atoms with van der Waals surface area (Å²) in [6.07, 6.45) is 2.81. The number of aromatic nitrogens is 1. The number of hydrogen-bond donors (Lipinski definition) is 1. The molecule has 5 heteroatoms. The van der Waals surface area contributed by atoms with Gasteiger partial charge in [0, 0.05) is 38.4 Å². The maximum Gasteiger partial charge on any atom is 0.270 e. The first-order valence-corrected chi connectivity index (χ1v) is 9.37. The highest BCUT2D eigenvalue weighted by Crippen LogP contribution is 2.21. The largest absolute Gasteiger partial charge is 0.357 e. The Balaban J connectivity index is 1.74. The molecular weight excluding hydrogens is 329 g/mol. The van der Waals surface area contributed by atoms with E-state index in [0.717, 1.165) is 43.7 Å². The van der Waals surface area contributed by atoms with Crippen molar-refractivity contribution in [3.05, 3.63) is 59.2 Å². The molecule has 1 amide bonds. The minimum atomic E-state index is -0.206. The third-order valence-corrected chi connectivity index (χ3v) is 5.16. The van der Waals surface area contributed by atoms with Crippen LogP contribution in [0.25, 0.3) is 0 Å². The van der Waals surface area contributed by atoms with Crippen LogP contribution in [0, 0.1) is 18.7 Å². The number of nitrogens with one attached hydrogen (secondary N) is 1. The maximum atomic E-state index is 13.2. The van der Waals surface area contributed by atoms with E-state index >= 15 is 0 Å². The molecule has 1 N–H and O–H groups in total. The average molecular weight is 357 g/mol. The molecule has 1 aromatic carbocycles. The first-order chi connectivity index (χ1) is 12.4. The maximum absolute atomic E-state index is 13.2. The molecule has 1 aliphatic rings. The average Bonchev–Trinajstić information content (AvgIpc) is 2.93. The van der Waals surface area contributed by atoms with Crippen molar-refractivity contribution < 1.29 is 9.18 Å². The Hall–Kier alpha value is -2.14. The molecule has 140 valence electrons. The summed E-state index contributed by atoms with van der Waals surface area (Å²) in [4.78, 5) is 20.4. The second-order valence-corrected chi connectivity index (χ2v) is 7.60. The number of hydrogen-bond acceptors (Lipinski definition) is 2. The van der Waals surface area contributed by atoms with Crippen LogP contribution in [0.4, 0.5) is 4.39 Å². The third-order valence-electron chi connectivity index (χ3n) is 5.16. The van der Waals surface area contributed by atoms with Gasteiger partial charge in [-0.05, 0) is 48.6 Å². The van der Waals surface area contributed by atoms with Crippen molar-refractivity contribution in [1.82, 2.24) is 14.8 Å². The SMILES string of the molecule is Cc1c[nH]c(C(=O)N2CCCN(Cc3ccc(F)cc3)C(C(C)C)C2)c1. The van der Waals surface area contributed by atoms with Crippen LogP contribution in [0.2, 0.25) is 0 Å². The summed E-state index contributed by atoms with van der Waals surface area (Å²) < 4.78 is 13.2. The zero-order valence-corrected chi connectivity index (χ0v) is 15.8. The van der Waals surface area contributed by atoms with Crippen molar-refractivity contribution in [2.24, 2.45) is 5.92 Å². The summed E-state index contributed by atoms with van der Waals surface area (Å²) in [7, 11) is 0. The molecule has 1 saturated heterocycles. The Morgan fingerprint density at radius 1 is 1.27 bits per heavy atom. The second-order valence-electron chi connectivity index (χ2n) is 7.60. The number of carbonyl (C=O) groups excluding carboxylic acids is 1. The molecule has 4 nitrogen and oxygen atoms in total. The lowest BCUT2D eigenvalue weighted by Gasteiger charge is -2.34. The van der Waals surface area contributed by atoms with E-state index in [4.69, 9.17) is 0 Å². The van der Waals surface area contributed by atoms with Crippen LogP contribution in [0.5, 0.6) is 0 Å². The monoisotopic (exact) mass is 357 g/mol. The van der Waals surface area contributed by atoms with Crippen LogP contribution in [0.15, 0.2) is 36.5 Å². The number of aryl methyl sites for hydroxylation is 1. The molecule has 0 bridgehead atoms. The van der Waals surface area contributed by atoms with Gasteiger partial charge < -0.3 is 9.88 Å². The van der Waals surface area contributed by atoms with Gasteiger partial charge in [-0.15, -0.1) is 0 Å². The van der Waals surface area contributed by atoms with Crippen molar-refractivity contribution in [1.29, 1.82) is 0 Å². The highest BCUT2D eigenvalue weighted by molar-refractivity contribution is 5.92. The number of benzene rings is 1. The number of aromatic amines is 1. The summed E-state index contributed by atoms with van der Waals surface area (Å²) in [5, 5.41) is 0. The number of carbonyl (C=O) groups is 1. The smallest absolute Gasteiger partial charge is 0.270 e. The molecule has 0 aliphatic carbocycles. The minimum absolute atomic E-state index is 0.0763. The molecule has 0 spiro atoms. The Bertz CT molecular complexity index is 738. The van der Waals surface area contributed by atoms with Crippen LogP contribution in [-0.4, -0.2) is 46.4 Å². The van der Waals surface area contributed by atoms with E-state index < -0.39 is 0 Å². The van der Waals surface area contributed by atoms with Crippen LogP contribution in [-0.2, 0) is 6.54 Å². The summed E-state index contributed by atoms with van der Waals surface area (Å²) in [6.45, 7) is 9.59. The van der Waals surface area contributed by atoms with Crippen LogP contribution < -0.4 is 0 Å². The number of amides is 1. The molecule has 26 heavy (non-hydrogen) atoms. The van der Waals surface area contributed by atoms with E-state index in [1.807, 2.05) is 36.2 Å². The molecule has 3 rings (SSSR count). The number of rotatable bonds is 4. The molecule has 1 unspecified atom stereocenters. The van der Waals surface area contributed by atoms with Gasteiger partial charge in [-0.1, -0.05) is 26.0 Å². The van der Waals surface area contributed by atoms with Crippen molar-refractivity contribution in [2.75, 3.05) is 19.6 Å². The first kappa shape index (κ1) is 18.6. The standard InChI is InChI=1S/C21H28FN3O/c1-15(2)20-14-25(21(26)19-11-16(3)12-23-19)10-4-9-24(20)13-17-5-7-18(22)8-6-17/h5-8,11-12,15,20,23H,4,9-10,13-14H2,1-3H3. The van der Waals surface area contributed by atoms with Gasteiger partial charge in [-0.3, -0.25) is 9.69 Å². The molecule has 2 heterocycles.